The van der Waals surface area contributed by atoms with Crippen LogP contribution < -0.4 is 0 Å². The molecule has 1 atom stereocenters. The topological polar surface area (TPSA) is 58.4 Å². The van der Waals surface area contributed by atoms with Crippen molar-refractivity contribution in [3.63, 3.8) is 0 Å². The third kappa shape index (κ3) is 2.24. The van der Waals surface area contributed by atoms with Crippen molar-refractivity contribution in [1.82, 2.24) is 14.5 Å². The molecule has 0 saturated carbocycles. The number of rotatable bonds is 4. The molecule has 5 nitrogen and oxygen atoms in total. The van der Waals surface area contributed by atoms with E-state index in [0.29, 0.717) is 19.5 Å². The number of hydrogen-bond donors (Lipinski definition) is 1. The third-order valence-electron chi connectivity index (χ3n) is 3.08. The van der Waals surface area contributed by atoms with Gasteiger partial charge in [0.25, 0.3) is 0 Å². The Kier molecular flexibility index (Phi) is 3.24. The van der Waals surface area contributed by atoms with Gasteiger partial charge in [0.2, 0.25) is 5.91 Å². The lowest BCUT2D eigenvalue weighted by molar-refractivity contribution is -0.127. The molecule has 0 spiro atoms. The number of amides is 1. The van der Waals surface area contributed by atoms with Gasteiger partial charge in [-0.15, -0.1) is 0 Å². The van der Waals surface area contributed by atoms with Crippen molar-refractivity contribution in [2.75, 3.05) is 19.7 Å². The van der Waals surface area contributed by atoms with Crippen molar-refractivity contribution < 1.29 is 9.90 Å². The van der Waals surface area contributed by atoms with Crippen LogP contribution in [0.3, 0.4) is 0 Å². The van der Waals surface area contributed by atoms with Crippen molar-refractivity contribution in [3.8, 4) is 0 Å². The first-order chi connectivity index (χ1) is 7.70. The maximum absolute atomic E-state index is 11.6. The normalized spacial score (nSPS) is 20.8. The number of carbonyl (C=O) groups is 1. The number of nitrogens with zero attached hydrogens (tertiary/aromatic N) is 3. The number of aryl methyl sites for hydroxylation is 1. The minimum absolute atomic E-state index is 0.102. The van der Waals surface area contributed by atoms with Crippen molar-refractivity contribution in [1.29, 1.82) is 0 Å². The molecule has 0 aromatic carbocycles. The molecule has 88 valence electrons. The first-order valence-electron chi connectivity index (χ1n) is 5.55. The van der Waals surface area contributed by atoms with Crippen LogP contribution in [0.1, 0.15) is 12.2 Å². The van der Waals surface area contributed by atoms with E-state index >= 15 is 0 Å². The molecular formula is C11H17N3O2. The molecule has 2 rings (SSSR count). The zero-order valence-electron chi connectivity index (χ0n) is 9.46. The van der Waals surface area contributed by atoms with Crippen molar-refractivity contribution in [3.05, 3.63) is 18.2 Å². The largest absolute Gasteiger partial charge is 0.396 e. The van der Waals surface area contributed by atoms with Crippen LogP contribution in [-0.4, -0.2) is 45.2 Å². The van der Waals surface area contributed by atoms with Gasteiger partial charge in [-0.05, 0) is 0 Å². The second-order valence-electron chi connectivity index (χ2n) is 4.30. The zero-order valence-corrected chi connectivity index (χ0v) is 9.46. The summed E-state index contributed by atoms with van der Waals surface area (Å²) in [6.07, 6.45) is 4.92. The molecule has 1 unspecified atom stereocenters. The summed E-state index contributed by atoms with van der Waals surface area (Å²) in [5, 5.41) is 9.00. The first kappa shape index (κ1) is 11.1. The van der Waals surface area contributed by atoms with E-state index < -0.39 is 0 Å². The number of aliphatic hydroxyl groups excluding tert-OH is 1. The Labute approximate surface area is 94.7 Å². The molecule has 16 heavy (non-hydrogen) atoms. The molecule has 0 aliphatic carbocycles. The molecule has 5 heteroatoms. The molecule has 1 aliphatic heterocycles. The average Bonchev–Trinajstić information content (AvgIpc) is 2.82. The van der Waals surface area contributed by atoms with Crippen molar-refractivity contribution in [2.45, 2.75) is 12.8 Å². The van der Waals surface area contributed by atoms with Crippen molar-refractivity contribution >= 4 is 5.91 Å². The molecule has 1 aromatic rings. The monoisotopic (exact) mass is 223 g/mol. The van der Waals surface area contributed by atoms with Crippen LogP contribution in [0.5, 0.6) is 0 Å². The van der Waals surface area contributed by atoms with Gasteiger partial charge in [0.15, 0.2) is 0 Å². The van der Waals surface area contributed by atoms with Gasteiger partial charge in [-0.3, -0.25) is 4.79 Å². The van der Waals surface area contributed by atoms with E-state index in [1.54, 1.807) is 6.20 Å². The Morgan fingerprint density at radius 2 is 2.44 bits per heavy atom. The van der Waals surface area contributed by atoms with E-state index in [9.17, 15) is 4.79 Å². The fourth-order valence-electron chi connectivity index (χ4n) is 2.06. The maximum atomic E-state index is 11.6. The summed E-state index contributed by atoms with van der Waals surface area (Å²) in [6.45, 7) is 1.48. The predicted molar refractivity (Wildman–Crippen MR) is 58.7 cm³/mol. The summed E-state index contributed by atoms with van der Waals surface area (Å²) >= 11 is 0. The fourth-order valence-corrected chi connectivity index (χ4v) is 2.06. The molecule has 0 radical (unpaired) electrons. The summed E-state index contributed by atoms with van der Waals surface area (Å²) in [6, 6.07) is 0. The van der Waals surface area contributed by atoms with Crippen LogP contribution in [0.15, 0.2) is 12.4 Å². The predicted octanol–water partition coefficient (Wildman–Crippen LogP) is -0.197. The summed E-state index contributed by atoms with van der Waals surface area (Å²) < 4.78 is 1.96. The van der Waals surface area contributed by atoms with Crippen LogP contribution in [0.25, 0.3) is 0 Å². The van der Waals surface area contributed by atoms with Crippen LogP contribution in [0.2, 0.25) is 0 Å². The SMILES string of the molecule is Cn1ccnc1CCN1CC(CO)CC1=O. The van der Waals surface area contributed by atoms with Gasteiger partial charge in [0, 0.05) is 57.9 Å². The zero-order chi connectivity index (χ0) is 11.5. The summed E-state index contributed by atoms with van der Waals surface area (Å²) in [5.74, 6) is 1.25. The number of carbonyl (C=O) groups excluding carboxylic acids is 1. The number of likely N-dealkylation sites (tertiary alicyclic amines) is 1. The highest BCUT2D eigenvalue weighted by Crippen LogP contribution is 2.17. The van der Waals surface area contributed by atoms with Gasteiger partial charge >= 0.3 is 0 Å². The Bertz CT molecular complexity index is 375. The van der Waals surface area contributed by atoms with Gasteiger partial charge in [-0.1, -0.05) is 0 Å². The quantitative estimate of drug-likeness (QED) is 0.769. The van der Waals surface area contributed by atoms with Crippen LogP contribution in [0.4, 0.5) is 0 Å². The van der Waals surface area contributed by atoms with Gasteiger partial charge < -0.3 is 14.6 Å². The lowest BCUT2D eigenvalue weighted by atomic mass is 10.1. The smallest absolute Gasteiger partial charge is 0.223 e. The third-order valence-corrected chi connectivity index (χ3v) is 3.08. The van der Waals surface area contributed by atoms with E-state index in [1.807, 2.05) is 22.7 Å². The molecule has 1 aromatic heterocycles. The Balaban J connectivity index is 1.87. The molecule has 1 saturated heterocycles. The lowest BCUT2D eigenvalue weighted by Gasteiger charge is -2.15. The van der Waals surface area contributed by atoms with E-state index in [0.717, 1.165) is 12.2 Å². The van der Waals surface area contributed by atoms with Gasteiger partial charge in [0.1, 0.15) is 5.82 Å². The van der Waals surface area contributed by atoms with Gasteiger partial charge in [-0.2, -0.15) is 0 Å². The van der Waals surface area contributed by atoms with Gasteiger partial charge in [-0.25, -0.2) is 4.98 Å². The van der Waals surface area contributed by atoms with Gasteiger partial charge in [0.05, 0.1) is 0 Å². The number of aliphatic hydroxyl groups is 1. The second kappa shape index (κ2) is 4.65. The second-order valence-corrected chi connectivity index (χ2v) is 4.30. The molecule has 1 N–H and O–H groups in total. The molecule has 2 heterocycles. The summed E-state index contributed by atoms with van der Waals surface area (Å²) in [7, 11) is 1.95. The molecular weight excluding hydrogens is 206 g/mol. The molecule has 0 bridgehead atoms. The summed E-state index contributed by atoms with van der Waals surface area (Å²) in [5.41, 5.74) is 0. The highest BCUT2D eigenvalue weighted by Gasteiger charge is 2.28. The van der Waals surface area contributed by atoms with Crippen LogP contribution in [0, 0.1) is 5.92 Å². The highest BCUT2D eigenvalue weighted by atomic mass is 16.3. The summed E-state index contributed by atoms with van der Waals surface area (Å²) in [4.78, 5) is 17.6. The van der Waals surface area contributed by atoms with E-state index in [4.69, 9.17) is 5.11 Å². The van der Waals surface area contributed by atoms with Crippen LogP contribution >= 0.6 is 0 Å². The minimum Gasteiger partial charge on any atom is -0.396 e. The lowest BCUT2D eigenvalue weighted by Crippen LogP contribution is -2.28. The maximum Gasteiger partial charge on any atom is 0.223 e. The van der Waals surface area contributed by atoms with Crippen molar-refractivity contribution in [2.24, 2.45) is 13.0 Å². The van der Waals surface area contributed by atoms with E-state index in [-0.39, 0.29) is 18.4 Å². The number of aromatic nitrogens is 2. The van der Waals surface area contributed by atoms with Crippen LogP contribution in [-0.2, 0) is 18.3 Å². The first-order valence-corrected chi connectivity index (χ1v) is 5.55. The average molecular weight is 223 g/mol. The standard InChI is InChI=1S/C11H17N3O2/c1-13-5-3-12-10(13)2-4-14-7-9(8-15)6-11(14)16/h3,5,9,15H,2,4,6-8H2,1H3. The van der Waals surface area contributed by atoms with E-state index in [2.05, 4.69) is 4.98 Å². The number of hydrogen-bond acceptors (Lipinski definition) is 3. The molecule has 1 aliphatic rings. The van der Waals surface area contributed by atoms with E-state index in [1.165, 1.54) is 0 Å². The fraction of sp³-hybridized carbons (Fsp3) is 0.636. The molecule has 1 fully saturated rings. The molecule has 1 amide bonds. The highest BCUT2D eigenvalue weighted by molar-refractivity contribution is 5.78. The Morgan fingerprint density at radius 3 is 3.00 bits per heavy atom. The minimum atomic E-state index is 0.102. The Hall–Kier alpha value is -1.36. The Morgan fingerprint density at radius 1 is 1.62 bits per heavy atom. The number of imidazole rings is 1.